The van der Waals surface area contributed by atoms with E-state index >= 15 is 0 Å². The average molecular weight is 333 g/mol. The Balaban J connectivity index is 1.86. The average Bonchev–Trinajstić information content (AvgIpc) is 3.22. The van der Waals surface area contributed by atoms with Gasteiger partial charge in [-0.15, -0.1) is 0 Å². The van der Waals surface area contributed by atoms with E-state index in [4.69, 9.17) is 5.73 Å². The molecule has 4 rings (SSSR count). The number of aromatic nitrogens is 3. The predicted octanol–water partition coefficient (Wildman–Crippen LogP) is 0.732. The van der Waals surface area contributed by atoms with Crippen LogP contribution < -0.4 is 21.9 Å². The van der Waals surface area contributed by atoms with Gasteiger partial charge in [0.05, 0.1) is 5.39 Å². The third-order valence-corrected chi connectivity index (χ3v) is 5.03. The van der Waals surface area contributed by atoms with E-state index in [-0.39, 0.29) is 34.9 Å². The third kappa shape index (κ3) is 2.41. The highest BCUT2D eigenvalue weighted by molar-refractivity contribution is 5.76. The second-order valence-corrected chi connectivity index (χ2v) is 6.88. The first-order valence-electron chi connectivity index (χ1n) is 8.31. The van der Waals surface area contributed by atoms with Crippen molar-refractivity contribution in [2.24, 2.45) is 11.7 Å². The molecule has 1 aliphatic carbocycles. The molecular weight excluding hydrogens is 313 g/mol. The fourth-order valence-corrected chi connectivity index (χ4v) is 3.44. The first kappa shape index (κ1) is 15.3. The minimum Gasteiger partial charge on any atom is -0.354 e. The van der Waals surface area contributed by atoms with Gasteiger partial charge in [0.1, 0.15) is 0 Å². The Morgan fingerprint density at radius 1 is 1.38 bits per heavy atom. The van der Waals surface area contributed by atoms with Gasteiger partial charge in [0.2, 0.25) is 0 Å². The zero-order valence-electron chi connectivity index (χ0n) is 13.5. The van der Waals surface area contributed by atoms with Gasteiger partial charge >= 0.3 is 5.69 Å². The van der Waals surface area contributed by atoms with Crippen LogP contribution in [0.1, 0.15) is 32.2 Å². The van der Waals surface area contributed by atoms with E-state index in [1.165, 1.54) is 10.6 Å². The number of aromatic amines is 1. The lowest BCUT2D eigenvalue weighted by Crippen LogP contribution is -2.32. The summed E-state index contributed by atoms with van der Waals surface area (Å²) < 4.78 is 16.0. The van der Waals surface area contributed by atoms with Gasteiger partial charge in [0, 0.05) is 25.2 Å². The number of hydrogen-bond donors (Lipinski definition) is 2. The van der Waals surface area contributed by atoms with E-state index in [1.807, 2.05) is 11.8 Å². The Bertz CT molecular complexity index is 915. The molecule has 0 unspecified atom stereocenters. The van der Waals surface area contributed by atoms with Gasteiger partial charge in [-0.1, -0.05) is 0 Å². The number of nitrogens with two attached hydrogens (primary N) is 1. The summed E-state index contributed by atoms with van der Waals surface area (Å²) in [6.07, 6.45) is 2.61. The molecule has 1 saturated heterocycles. The fourth-order valence-electron chi connectivity index (χ4n) is 3.44. The molecule has 0 radical (unpaired) electrons. The lowest BCUT2D eigenvalue weighted by Gasteiger charge is -2.20. The van der Waals surface area contributed by atoms with Gasteiger partial charge < -0.3 is 10.6 Å². The van der Waals surface area contributed by atoms with Gasteiger partial charge in [-0.25, -0.2) is 14.2 Å². The molecule has 2 atom stereocenters. The topological polar surface area (TPSA) is 97.0 Å². The lowest BCUT2D eigenvalue weighted by molar-refractivity contribution is 0.487. The van der Waals surface area contributed by atoms with Crippen LogP contribution in [0.4, 0.5) is 10.2 Å². The first-order chi connectivity index (χ1) is 11.5. The zero-order chi connectivity index (χ0) is 17.0. The van der Waals surface area contributed by atoms with Crippen LogP contribution >= 0.6 is 0 Å². The molecule has 3 N–H and O–H groups in total. The van der Waals surface area contributed by atoms with Crippen molar-refractivity contribution in [3.63, 3.8) is 0 Å². The van der Waals surface area contributed by atoms with Crippen LogP contribution in [0.5, 0.6) is 0 Å². The molecule has 3 heterocycles. The Hall–Kier alpha value is -2.22. The van der Waals surface area contributed by atoms with Crippen molar-refractivity contribution < 1.29 is 4.39 Å². The van der Waals surface area contributed by atoms with E-state index in [1.54, 1.807) is 0 Å². The van der Waals surface area contributed by atoms with E-state index in [9.17, 15) is 14.0 Å². The Morgan fingerprint density at radius 3 is 2.75 bits per heavy atom. The molecule has 2 aliphatic rings. The lowest BCUT2D eigenvalue weighted by atomic mass is 10.0. The molecule has 0 bridgehead atoms. The fraction of sp³-hybridized carbons (Fsp3) is 0.562. The molecule has 0 aromatic carbocycles. The molecule has 24 heavy (non-hydrogen) atoms. The van der Waals surface area contributed by atoms with Crippen LogP contribution in [0.2, 0.25) is 0 Å². The second-order valence-electron chi connectivity index (χ2n) is 6.88. The summed E-state index contributed by atoms with van der Waals surface area (Å²) in [6, 6.07) is 1.26. The highest BCUT2D eigenvalue weighted by Gasteiger charge is 2.31. The van der Waals surface area contributed by atoms with E-state index < -0.39 is 17.1 Å². The highest BCUT2D eigenvalue weighted by atomic mass is 19.1. The van der Waals surface area contributed by atoms with Gasteiger partial charge in [-0.3, -0.25) is 14.3 Å². The number of nitrogens with zero attached hydrogens (tertiary/aromatic N) is 3. The Kier molecular flexibility index (Phi) is 3.45. The van der Waals surface area contributed by atoms with Crippen LogP contribution in [-0.2, 0) is 0 Å². The molecule has 128 valence electrons. The Morgan fingerprint density at radius 2 is 2.12 bits per heavy atom. The van der Waals surface area contributed by atoms with Crippen molar-refractivity contribution >= 4 is 16.9 Å². The molecule has 0 spiro atoms. The van der Waals surface area contributed by atoms with E-state index in [0.29, 0.717) is 13.1 Å². The van der Waals surface area contributed by atoms with Gasteiger partial charge in [0.25, 0.3) is 5.56 Å². The summed E-state index contributed by atoms with van der Waals surface area (Å²) in [5.74, 6) is -0.0592. The molecule has 2 aromatic heterocycles. The normalized spacial score (nSPS) is 22.3. The van der Waals surface area contributed by atoms with Crippen molar-refractivity contribution in [2.45, 2.75) is 38.3 Å². The molecule has 7 nitrogen and oxygen atoms in total. The van der Waals surface area contributed by atoms with Crippen molar-refractivity contribution in [1.29, 1.82) is 0 Å². The number of rotatable bonds is 3. The van der Waals surface area contributed by atoms with Gasteiger partial charge in [0.15, 0.2) is 17.3 Å². The minimum atomic E-state index is -0.597. The summed E-state index contributed by atoms with van der Waals surface area (Å²) in [4.78, 5) is 32.6. The second kappa shape index (κ2) is 5.41. The largest absolute Gasteiger partial charge is 0.354 e. The maximum Gasteiger partial charge on any atom is 0.330 e. The maximum absolute atomic E-state index is 14.6. The molecule has 0 amide bonds. The van der Waals surface area contributed by atoms with Crippen LogP contribution in [0.3, 0.4) is 0 Å². The molecule has 2 aromatic rings. The molecule has 8 heteroatoms. The van der Waals surface area contributed by atoms with Gasteiger partial charge in [-0.05, 0) is 38.2 Å². The number of anilines is 1. The predicted molar refractivity (Wildman–Crippen MR) is 88.8 cm³/mol. The molecule has 1 aliphatic heterocycles. The van der Waals surface area contributed by atoms with Gasteiger partial charge in [-0.2, -0.15) is 0 Å². The molecule has 1 saturated carbocycles. The molecular formula is C16H20FN5O2. The van der Waals surface area contributed by atoms with Crippen molar-refractivity contribution in [1.82, 2.24) is 14.5 Å². The number of H-pyrrole nitrogens is 1. The number of pyridine rings is 1. The number of fused-ring (bicyclic) bond motifs is 1. The van der Waals surface area contributed by atoms with Crippen molar-refractivity contribution in [3.05, 3.63) is 32.7 Å². The van der Waals surface area contributed by atoms with Crippen molar-refractivity contribution in [2.75, 3.05) is 18.0 Å². The third-order valence-electron chi connectivity index (χ3n) is 5.03. The highest BCUT2D eigenvalue weighted by Crippen LogP contribution is 2.35. The minimum absolute atomic E-state index is 0.0333. The summed E-state index contributed by atoms with van der Waals surface area (Å²) in [5, 5.41) is 0.116. The zero-order valence-corrected chi connectivity index (χ0v) is 13.5. The summed E-state index contributed by atoms with van der Waals surface area (Å²) in [7, 11) is 0. The number of halogens is 1. The first-order valence-corrected chi connectivity index (χ1v) is 8.31. The standard InChI is InChI=1S/C16H20FN5O2/c1-8(18)9-4-5-21(7-9)14-12(17)6-11-13(19-14)22(10-2-3-10)16(24)20-15(11)23/h6,8-10H,2-5,7,18H2,1H3,(H,20,23,24)/t8-,9-/m0/s1. The number of hydrogen-bond acceptors (Lipinski definition) is 5. The summed E-state index contributed by atoms with van der Waals surface area (Å²) in [6.45, 7) is 3.24. The maximum atomic E-state index is 14.6. The van der Waals surface area contributed by atoms with Crippen molar-refractivity contribution in [3.8, 4) is 0 Å². The van der Waals surface area contributed by atoms with E-state index in [2.05, 4.69) is 9.97 Å². The SMILES string of the molecule is C[C@H](N)[C@H]1CCN(c2nc3c(cc2F)c(=O)[nH]c(=O)n3C2CC2)C1. The monoisotopic (exact) mass is 333 g/mol. The smallest absolute Gasteiger partial charge is 0.330 e. The van der Waals surface area contributed by atoms with Crippen LogP contribution in [0.15, 0.2) is 15.7 Å². The van der Waals surface area contributed by atoms with Crippen LogP contribution in [-0.4, -0.2) is 33.7 Å². The summed E-state index contributed by atoms with van der Waals surface area (Å²) >= 11 is 0. The quantitative estimate of drug-likeness (QED) is 0.863. The molecule has 2 fully saturated rings. The van der Waals surface area contributed by atoms with Crippen LogP contribution in [0.25, 0.3) is 11.0 Å². The number of nitrogens with one attached hydrogen (secondary N) is 1. The van der Waals surface area contributed by atoms with E-state index in [0.717, 1.165) is 19.3 Å². The van der Waals surface area contributed by atoms with Crippen LogP contribution in [0, 0.1) is 11.7 Å². The Labute approximate surface area is 137 Å². The summed E-state index contributed by atoms with van der Waals surface area (Å²) in [5.41, 5.74) is 5.14.